The number of benzene rings is 1. The summed E-state index contributed by atoms with van der Waals surface area (Å²) in [4.78, 5) is 2.20. The number of aliphatic hydroxyl groups is 1. The van der Waals surface area contributed by atoms with Gasteiger partial charge in [0.2, 0.25) is 0 Å². The highest BCUT2D eigenvalue weighted by atomic mass is 79.9. The Labute approximate surface area is 114 Å². The van der Waals surface area contributed by atoms with Gasteiger partial charge in [-0.3, -0.25) is 0 Å². The maximum Gasteiger partial charge on any atom is 0.113 e. The highest BCUT2D eigenvalue weighted by Gasteiger charge is 2.16. The molecule has 0 bridgehead atoms. The van der Waals surface area contributed by atoms with Crippen LogP contribution in [0.2, 0.25) is 0 Å². The summed E-state index contributed by atoms with van der Waals surface area (Å²) in [7, 11) is 0. The average Bonchev–Trinajstić information content (AvgIpc) is 2.68. The third-order valence-corrected chi connectivity index (χ3v) is 5.07. The fourth-order valence-corrected chi connectivity index (χ4v) is 3.46. The van der Waals surface area contributed by atoms with Gasteiger partial charge < -0.3 is 5.11 Å². The van der Waals surface area contributed by atoms with E-state index in [0.717, 1.165) is 21.3 Å². The number of halogens is 1. The molecule has 1 unspecified atom stereocenters. The van der Waals surface area contributed by atoms with Crippen LogP contribution in [-0.4, -0.2) is 5.11 Å². The van der Waals surface area contributed by atoms with Crippen molar-refractivity contribution in [2.45, 2.75) is 26.4 Å². The molecular weight excluding hydrogens is 296 g/mol. The normalized spacial score (nSPS) is 12.7. The number of aryl methyl sites for hydroxylation is 2. The number of hydrogen-bond donors (Lipinski definition) is 1. The second-order valence-electron chi connectivity index (χ2n) is 4.01. The number of hydrogen-bond acceptors (Lipinski definition) is 2. The lowest BCUT2D eigenvalue weighted by atomic mass is 10.00. The number of thiophene rings is 1. The topological polar surface area (TPSA) is 20.2 Å². The number of rotatable bonds is 3. The van der Waals surface area contributed by atoms with Gasteiger partial charge >= 0.3 is 0 Å². The smallest absolute Gasteiger partial charge is 0.113 e. The first-order chi connectivity index (χ1) is 8.13. The standard InChI is InChI=1S/C14H15BrOS/c1-3-10-6-4-5-7-11(10)14(16)13-8-12(15)9(2)17-13/h4-8,14,16H,3H2,1-2H3. The van der Waals surface area contributed by atoms with E-state index in [-0.39, 0.29) is 0 Å². The molecule has 17 heavy (non-hydrogen) atoms. The van der Waals surface area contributed by atoms with Gasteiger partial charge in [0.1, 0.15) is 6.10 Å². The van der Waals surface area contributed by atoms with Gasteiger partial charge in [0.05, 0.1) is 0 Å². The maximum absolute atomic E-state index is 10.4. The predicted octanol–water partition coefficient (Wildman–Crippen LogP) is 4.46. The zero-order valence-corrected chi connectivity index (χ0v) is 12.3. The highest BCUT2D eigenvalue weighted by Crippen LogP contribution is 2.34. The van der Waals surface area contributed by atoms with Crippen molar-refractivity contribution in [2.75, 3.05) is 0 Å². The minimum atomic E-state index is -0.513. The molecule has 0 spiro atoms. The molecule has 3 heteroatoms. The molecule has 1 heterocycles. The van der Waals surface area contributed by atoms with Gasteiger partial charge in [-0.1, -0.05) is 31.2 Å². The van der Waals surface area contributed by atoms with Gasteiger partial charge in [-0.2, -0.15) is 0 Å². The molecule has 2 aromatic rings. The van der Waals surface area contributed by atoms with Crippen molar-refractivity contribution in [2.24, 2.45) is 0 Å². The molecule has 1 aromatic heterocycles. The van der Waals surface area contributed by atoms with Crippen molar-refractivity contribution in [3.8, 4) is 0 Å². The summed E-state index contributed by atoms with van der Waals surface area (Å²) in [5.74, 6) is 0. The number of aliphatic hydroxyl groups excluding tert-OH is 1. The maximum atomic E-state index is 10.4. The Morgan fingerprint density at radius 3 is 2.65 bits per heavy atom. The van der Waals surface area contributed by atoms with E-state index in [0.29, 0.717) is 0 Å². The molecule has 90 valence electrons. The molecule has 0 aliphatic heterocycles. The summed E-state index contributed by atoms with van der Waals surface area (Å²) in [6.07, 6.45) is 0.430. The monoisotopic (exact) mass is 310 g/mol. The lowest BCUT2D eigenvalue weighted by molar-refractivity contribution is 0.223. The van der Waals surface area contributed by atoms with Crippen molar-refractivity contribution in [1.29, 1.82) is 0 Å². The van der Waals surface area contributed by atoms with Crippen LogP contribution in [0, 0.1) is 6.92 Å². The molecule has 0 saturated heterocycles. The zero-order valence-electron chi connectivity index (χ0n) is 9.90. The molecule has 0 aliphatic rings. The lowest BCUT2D eigenvalue weighted by Crippen LogP contribution is -2.01. The summed E-state index contributed by atoms with van der Waals surface area (Å²) in [6, 6.07) is 10.1. The van der Waals surface area contributed by atoms with Crippen LogP contribution in [-0.2, 0) is 6.42 Å². The highest BCUT2D eigenvalue weighted by molar-refractivity contribution is 9.10. The van der Waals surface area contributed by atoms with Gasteiger partial charge in [-0.05, 0) is 46.5 Å². The molecule has 0 radical (unpaired) electrons. The molecule has 1 N–H and O–H groups in total. The van der Waals surface area contributed by atoms with Crippen molar-refractivity contribution in [1.82, 2.24) is 0 Å². The van der Waals surface area contributed by atoms with E-state index in [1.807, 2.05) is 24.3 Å². The van der Waals surface area contributed by atoms with Crippen LogP contribution in [0.5, 0.6) is 0 Å². The van der Waals surface area contributed by atoms with E-state index >= 15 is 0 Å². The first-order valence-corrected chi connectivity index (χ1v) is 7.26. The first-order valence-electron chi connectivity index (χ1n) is 5.65. The van der Waals surface area contributed by atoms with E-state index in [9.17, 15) is 5.11 Å². The van der Waals surface area contributed by atoms with E-state index < -0.39 is 6.10 Å². The molecule has 2 rings (SSSR count). The third kappa shape index (κ3) is 2.62. The summed E-state index contributed by atoms with van der Waals surface area (Å²) in [6.45, 7) is 4.16. The Morgan fingerprint density at radius 2 is 2.06 bits per heavy atom. The van der Waals surface area contributed by atoms with Crippen molar-refractivity contribution in [3.63, 3.8) is 0 Å². The Kier molecular flexibility index (Phi) is 4.02. The Morgan fingerprint density at radius 1 is 1.35 bits per heavy atom. The quantitative estimate of drug-likeness (QED) is 0.887. The molecule has 0 amide bonds. The second-order valence-corrected chi connectivity index (χ2v) is 6.15. The van der Waals surface area contributed by atoms with E-state index in [1.165, 1.54) is 10.4 Å². The second kappa shape index (κ2) is 5.34. The van der Waals surface area contributed by atoms with Crippen LogP contribution < -0.4 is 0 Å². The van der Waals surface area contributed by atoms with Gasteiger partial charge in [-0.15, -0.1) is 11.3 Å². The van der Waals surface area contributed by atoms with Gasteiger partial charge in [0, 0.05) is 14.2 Å². The minimum Gasteiger partial charge on any atom is -0.383 e. The van der Waals surface area contributed by atoms with Crippen LogP contribution in [0.3, 0.4) is 0 Å². The van der Waals surface area contributed by atoms with Gasteiger partial charge in [0.25, 0.3) is 0 Å². The molecule has 0 fully saturated rings. The minimum absolute atomic E-state index is 0.513. The largest absolute Gasteiger partial charge is 0.383 e. The fourth-order valence-electron chi connectivity index (χ4n) is 1.89. The average molecular weight is 311 g/mol. The van der Waals surface area contributed by atoms with E-state index in [1.54, 1.807) is 11.3 Å². The van der Waals surface area contributed by atoms with Gasteiger partial charge in [-0.25, -0.2) is 0 Å². The van der Waals surface area contributed by atoms with E-state index in [2.05, 4.69) is 35.8 Å². The molecule has 1 aromatic carbocycles. The molecule has 0 aliphatic carbocycles. The molecule has 1 nitrogen and oxygen atoms in total. The van der Waals surface area contributed by atoms with Crippen molar-refractivity contribution in [3.05, 3.63) is 55.7 Å². The Hall–Kier alpha value is -0.640. The van der Waals surface area contributed by atoms with Crippen LogP contribution >= 0.6 is 27.3 Å². The van der Waals surface area contributed by atoms with Crippen molar-refractivity contribution < 1.29 is 5.11 Å². The van der Waals surface area contributed by atoms with Crippen molar-refractivity contribution >= 4 is 27.3 Å². The van der Waals surface area contributed by atoms with E-state index in [4.69, 9.17) is 0 Å². The van der Waals surface area contributed by atoms with Gasteiger partial charge in [0.15, 0.2) is 0 Å². The van der Waals surface area contributed by atoms with Crippen LogP contribution in [0.15, 0.2) is 34.8 Å². The molecular formula is C14H15BrOS. The lowest BCUT2D eigenvalue weighted by Gasteiger charge is -2.13. The summed E-state index contributed by atoms with van der Waals surface area (Å²) in [5, 5.41) is 10.4. The predicted molar refractivity (Wildman–Crippen MR) is 76.6 cm³/mol. The molecule has 1 atom stereocenters. The zero-order chi connectivity index (χ0) is 12.4. The van der Waals surface area contributed by atoms with Crippen LogP contribution in [0.25, 0.3) is 0 Å². The first kappa shape index (κ1) is 12.8. The van der Waals surface area contributed by atoms with Crippen LogP contribution in [0.1, 0.15) is 33.9 Å². The Balaban J connectivity index is 2.39. The molecule has 0 saturated carbocycles. The third-order valence-electron chi connectivity index (χ3n) is 2.88. The fraction of sp³-hybridized carbons (Fsp3) is 0.286. The Bertz CT molecular complexity index is 499. The SMILES string of the molecule is CCc1ccccc1C(O)c1cc(Br)c(C)s1. The summed E-state index contributed by atoms with van der Waals surface area (Å²) >= 11 is 5.13. The summed E-state index contributed by atoms with van der Waals surface area (Å²) in [5.41, 5.74) is 2.23. The summed E-state index contributed by atoms with van der Waals surface area (Å²) < 4.78 is 1.07. The van der Waals surface area contributed by atoms with Crippen LogP contribution in [0.4, 0.5) is 0 Å².